The van der Waals surface area contributed by atoms with Crippen LogP contribution in [0.5, 0.6) is 0 Å². The fraction of sp³-hybridized carbons (Fsp3) is 0.294. The number of anilines is 1. The molecule has 0 spiro atoms. The van der Waals surface area contributed by atoms with Crippen molar-refractivity contribution in [2.24, 2.45) is 5.73 Å². The molecule has 2 aromatic carbocycles. The van der Waals surface area contributed by atoms with Gasteiger partial charge in [-0.1, -0.05) is 23.7 Å². The number of nitrogens with two attached hydrogens (primary N) is 1. The predicted molar refractivity (Wildman–Crippen MR) is 95.2 cm³/mol. The monoisotopic (exact) mass is 366 g/mol. The van der Waals surface area contributed by atoms with Gasteiger partial charge in [-0.25, -0.2) is 0 Å². The number of nitrogens with one attached hydrogen (secondary N) is 1. The van der Waals surface area contributed by atoms with E-state index in [1.165, 1.54) is 22.3 Å². The smallest absolute Gasteiger partial charge is 0.0638 e. The normalized spacial score (nSPS) is 12.3. The standard InChI is InChI=1S/C17H20BrClN2/c1-10-6-12(3)14(7-11(10)2)17(9-20)21-13-4-5-15(18)16(19)8-13/h4-8,17,21H,9,20H2,1-3H3. The van der Waals surface area contributed by atoms with Gasteiger partial charge in [-0.15, -0.1) is 0 Å². The van der Waals surface area contributed by atoms with Gasteiger partial charge in [-0.2, -0.15) is 0 Å². The topological polar surface area (TPSA) is 38.0 Å². The molecule has 0 aliphatic heterocycles. The molecule has 2 nitrogen and oxygen atoms in total. The molecule has 0 amide bonds. The molecular weight excluding hydrogens is 348 g/mol. The molecule has 2 rings (SSSR count). The summed E-state index contributed by atoms with van der Waals surface area (Å²) in [6, 6.07) is 10.3. The highest BCUT2D eigenvalue weighted by molar-refractivity contribution is 9.10. The minimum atomic E-state index is 0.0709. The van der Waals surface area contributed by atoms with Crippen LogP contribution in [0.4, 0.5) is 5.69 Å². The molecule has 0 fully saturated rings. The Kier molecular flexibility index (Phi) is 5.31. The second-order valence-corrected chi connectivity index (χ2v) is 6.62. The van der Waals surface area contributed by atoms with Crippen LogP contribution in [0.1, 0.15) is 28.3 Å². The average molecular weight is 368 g/mol. The van der Waals surface area contributed by atoms with Crippen LogP contribution < -0.4 is 11.1 Å². The van der Waals surface area contributed by atoms with Crippen molar-refractivity contribution in [2.45, 2.75) is 26.8 Å². The van der Waals surface area contributed by atoms with Crippen molar-refractivity contribution in [2.75, 3.05) is 11.9 Å². The molecule has 0 radical (unpaired) electrons. The summed E-state index contributed by atoms with van der Waals surface area (Å²) in [7, 11) is 0. The van der Waals surface area contributed by atoms with Crippen LogP contribution in [0.3, 0.4) is 0 Å². The van der Waals surface area contributed by atoms with Gasteiger partial charge in [-0.3, -0.25) is 0 Å². The largest absolute Gasteiger partial charge is 0.377 e. The van der Waals surface area contributed by atoms with E-state index in [9.17, 15) is 0 Å². The Balaban J connectivity index is 2.31. The number of benzene rings is 2. The molecule has 112 valence electrons. The Labute approximate surface area is 139 Å². The van der Waals surface area contributed by atoms with Crippen molar-refractivity contribution in [3.8, 4) is 0 Å². The second-order valence-electron chi connectivity index (χ2n) is 5.35. The van der Waals surface area contributed by atoms with Crippen molar-refractivity contribution in [3.63, 3.8) is 0 Å². The molecular formula is C17H20BrClN2. The molecule has 3 N–H and O–H groups in total. The van der Waals surface area contributed by atoms with Gasteiger partial charge in [0.05, 0.1) is 11.1 Å². The molecule has 0 bridgehead atoms. The lowest BCUT2D eigenvalue weighted by molar-refractivity contribution is 0.782. The number of hydrogen-bond acceptors (Lipinski definition) is 2. The van der Waals surface area contributed by atoms with E-state index in [-0.39, 0.29) is 6.04 Å². The van der Waals surface area contributed by atoms with Gasteiger partial charge < -0.3 is 11.1 Å². The molecule has 0 aliphatic rings. The lowest BCUT2D eigenvalue weighted by Crippen LogP contribution is -2.21. The van der Waals surface area contributed by atoms with Gasteiger partial charge in [-0.05, 0) is 77.2 Å². The van der Waals surface area contributed by atoms with Gasteiger partial charge in [0.1, 0.15) is 0 Å². The molecule has 0 aromatic heterocycles. The second kappa shape index (κ2) is 6.82. The number of hydrogen-bond donors (Lipinski definition) is 2. The lowest BCUT2D eigenvalue weighted by atomic mass is 9.95. The molecule has 0 saturated carbocycles. The zero-order valence-electron chi connectivity index (χ0n) is 12.5. The van der Waals surface area contributed by atoms with E-state index in [4.69, 9.17) is 17.3 Å². The van der Waals surface area contributed by atoms with Crippen LogP contribution in [0, 0.1) is 20.8 Å². The van der Waals surface area contributed by atoms with Crippen LogP contribution in [-0.4, -0.2) is 6.54 Å². The van der Waals surface area contributed by atoms with Crippen molar-refractivity contribution in [1.82, 2.24) is 0 Å². The number of aryl methyl sites for hydroxylation is 3. The zero-order valence-corrected chi connectivity index (χ0v) is 14.8. The Bertz CT molecular complexity index is 655. The van der Waals surface area contributed by atoms with E-state index in [1.807, 2.05) is 18.2 Å². The van der Waals surface area contributed by atoms with E-state index in [0.29, 0.717) is 11.6 Å². The average Bonchev–Trinajstić information content (AvgIpc) is 2.44. The highest BCUT2D eigenvalue weighted by atomic mass is 79.9. The first-order chi connectivity index (χ1) is 9.92. The Morgan fingerprint density at radius 3 is 2.38 bits per heavy atom. The molecule has 0 aliphatic carbocycles. The van der Waals surface area contributed by atoms with Crippen LogP contribution in [0.2, 0.25) is 5.02 Å². The predicted octanol–water partition coefficient (Wildman–Crippen LogP) is 5.14. The van der Waals surface area contributed by atoms with Crippen molar-refractivity contribution in [3.05, 3.63) is 62.1 Å². The third-order valence-corrected chi connectivity index (χ3v) is 4.99. The summed E-state index contributed by atoms with van der Waals surface area (Å²) in [5.74, 6) is 0. The van der Waals surface area contributed by atoms with Crippen molar-refractivity contribution < 1.29 is 0 Å². The summed E-state index contributed by atoms with van der Waals surface area (Å²) in [5, 5.41) is 4.16. The maximum Gasteiger partial charge on any atom is 0.0638 e. The minimum Gasteiger partial charge on any atom is -0.377 e. The fourth-order valence-electron chi connectivity index (χ4n) is 2.41. The highest BCUT2D eigenvalue weighted by Crippen LogP contribution is 2.29. The van der Waals surface area contributed by atoms with E-state index < -0.39 is 0 Å². The maximum atomic E-state index is 6.15. The maximum absolute atomic E-state index is 6.15. The Hall–Kier alpha value is -1.03. The highest BCUT2D eigenvalue weighted by Gasteiger charge is 2.14. The Morgan fingerprint density at radius 2 is 1.76 bits per heavy atom. The summed E-state index contributed by atoms with van der Waals surface area (Å²) in [6.07, 6.45) is 0. The van der Waals surface area contributed by atoms with E-state index in [1.54, 1.807) is 0 Å². The summed E-state index contributed by atoms with van der Waals surface area (Å²) < 4.78 is 0.890. The van der Waals surface area contributed by atoms with Gasteiger partial charge in [0.2, 0.25) is 0 Å². The van der Waals surface area contributed by atoms with Gasteiger partial charge >= 0.3 is 0 Å². The molecule has 2 aromatic rings. The molecule has 1 atom stereocenters. The molecule has 0 heterocycles. The summed E-state index contributed by atoms with van der Waals surface area (Å²) in [5.41, 5.74) is 12.0. The quantitative estimate of drug-likeness (QED) is 0.785. The van der Waals surface area contributed by atoms with Crippen LogP contribution in [0.25, 0.3) is 0 Å². The minimum absolute atomic E-state index is 0.0709. The molecule has 21 heavy (non-hydrogen) atoms. The first-order valence-electron chi connectivity index (χ1n) is 6.91. The summed E-state index contributed by atoms with van der Waals surface area (Å²) in [6.45, 7) is 6.91. The van der Waals surface area contributed by atoms with Gasteiger partial charge in [0.25, 0.3) is 0 Å². The SMILES string of the molecule is Cc1cc(C)c(C(CN)Nc2ccc(Br)c(Cl)c2)cc1C. The van der Waals surface area contributed by atoms with Crippen LogP contribution >= 0.6 is 27.5 Å². The molecule has 1 unspecified atom stereocenters. The third-order valence-electron chi connectivity index (χ3n) is 3.75. The zero-order chi connectivity index (χ0) is 15.6. The summed E-state index contributed by atoms with van der Waals surface area (Å²) >= 11 is 9.55. The van der Waals surface area contributed by atoms with Gasteiger partial charge in [0, 0.05) is 16.7 Å². The molecule has 4 heteroatoms. The summed E-state index contributed by atoms with van der Waals surface area (Å²) in [4.78, 5) is 0. The first-order valence-corrected chi connectivity index (χ1v) is 8.09. The van der Waals surface area contributed by atoms with E-state index in [0.717, 1.165) is 10.2 Å². The number of halogens is 2. The van der Waals surface area contributed by atoms with Gasteiger partial charge in [0.15, 0.2) is 0 Å². The van der Waals surface area contributed by atoms with Crippen LogP contribution in [0.15, 0.2) is 34.8 Å². The lowest BCUT2D eigenvalue weighted by Gasteiger charge is -2.22. The Morgan fingerprint density at radius 1 is 1.10 bits per heavy atom. The van der Waals surface area contributed by atoms with E-state index in [2.05, 4.69) is 54.2 Å². The first kappa shape index (κ1) is 16.3. The third kappa shape index (κ3) is 3.79. The van der Waals surface area contributed by atoms with E-state index >= 15 is 0 Å². The van der Waals surface area contributed by atoms with Crippen molar-refractivity contribution >= 4 is 33.2 Å². The number of rotatable bonds is 4. The van der Waals surface area contributed by atoms with Crippen LogP contribution in [-0.2, 0) is 0 Å². The molecule has 0 saturated heterocycles. The fourth-order valence-corrected chi connectivity index (χ4v) is 2.84. The van der Waals surface area contributed by atoms with Crippen molar-refractivity contribution in [1.29, 1.82) is 0 Å².